The van der Waals surface area contributed by atoms with E-state index in [9.17, 15) is 0 Å². The maximum atomic E-state index is 5.88. The molecule has 2 aromatic rings. The minimum atomic E-state index is 0.317. The van der Waals surface area contributed by atoms with Gasteiger partial charge in [-0.05, 0) is 51.7 Å². The molecule has 1 fully saturated rings. The number of nitrogen functional groups attached to an aromatic ring is 1. The van der Waals surface area contributed by atoms with E-state index >= 15 is 0 Å². The number of aryl methyl sites for hydroxylation is 2. The highest BCUT2D eigenvalue weighted by Gasteiger charge is 2.28. The Labute approximate surface area is 125 Å². The maximum Gasteiger partial charge on any atom is 0.222 e. The number of benzene rings is 1. The van der Waals surface area contributed by atoms with Crippen molar-refractivity contribution in [2.24, 2.45) is 5.92 Å². The summed E-state index contributed by atoms with van der Waals surface area (Å²) in [6.45, 7) is 6.39. The van der Waals surface area contributed by atoms with Gasteiger partial charge in [0.25, 0.3) is 0 Å². The van der Waals surface area contributed by atoms with Crippen LogP contribution in [-0.2, 0) is 0 Å². The lowest BCUT2D eigenvalue weighted by molar-refractivity contribution is 0.690. The fourth-order valence-corrected chi connectivity index (χ4v) is 2.76. The third-order valence-electron chi connectivity index (χ3n) is 3.97. The Balaban J connectivity index is 1.92. The lowest BCUT2D eigenvalue weighted by atomic mass is 10.0. The molecule has 3 N–H and O–H groups in total. The average molecular weight is 282 g/mol. The van der Waals surface area contributed by atoms with E-state index in [1.54, 1.807) is 0 Å². The molecule has 0 aliphatic heterocycles. The molecule has 1 saturated carbocycles. The average Bonchev–Trinajstić information content (AvgIpc) is 3.20. The third-order valence-corrected chi connectivity index (χ3v) is 3.97. The Kier molecular flexibility index (Phi) is 3.53. The van der Waals surface area contributed by atoms with Crippen molar-refractivity contribution in [1.29, 1.82) is 0 Å². The molecule has 1 atom stereocenters. The zero-order valence-electron chi connectivity index (χ0n) is 12.9. The van der Waals surface area contributed by atoms with E-state index in [4.69, 9.17) is 5.73 Å². The second kappa shape index (κ2) is 5.35. The molecule has 1 aromatic heterocycles. The zero-order valence-corrected chi connectivity index (χ0v) is 12.9. The normalized spacial score (nSPS) is 15.8. The quantitative estimate of drug-likeness (QED) is 0.900. The Hall–Kier alpha value is -2.10. The molecule has 0 unspecified atom stereocenters. The Morgan fingerprint density at radius 2 is 1.76 bits per heavy atom. The van der Waals surface area contributed by atoms with Gasteiger partial charge in [-0.3, -0.25) is 0 Å². The molecule has 1 aromatic carbocycles. The van der Waals surface area contributed by atoms with E-state index in [1.807, 2.05) is 6.07 Å². The molecular formula is C17H22N4. The van der Waals surface area contributed by atoms with Crippen LogP contribution in [0.25, 0.3) is 11.3 Å². The molecule has 0 bridgehead atoms. The van der Waals surface area contributed by atoms with Crippen LogP contribution in [-0.4, -0.2) is 16.0 Å². The number of hydrogen-bond donors (Lipinski definition) is 2. The molecular weight excluding hydrogens is 260 g/mol. The van der Waals surface area contributed by atoms with Crippen LogP contribution in [0.1, 0.15) is 30.9 Å². The fraction of sp³-hybridized carbons (Fsp3) is 0.412. The number of nitrogens with one attached hydrogen (secondary N) is 1. The number of aromatic nitrogens is 2. The minimum absolute atomic E-state index is 0.317. The van der Waals surface area contributed by atoms with Crippen molar-refractivity contribution in [3.8, 4) is 11.3 Å². The number of hydrogen-bond acceptors (Lipinski definition) is 4. The standard InChI is InChI=1S/C17H22N4/c1-10-6-11(2)8-14(7-10)15-9-16(21-17(18)20-15)19-12(3)13-4-5-13/h6-9,12-13H,4-5H2,1-3H3,(H3,18,19,20,21)/t12-/m0/s1. The van der Waals surface area contributed by atoms with Crippen LogP contribution in [0.2, 0.25) is 0 Å². The number of anilines is 2. The molecule has 3 rings (SSSR count). The van der Waals surface area contributed by atoms with Gasteiger partial charge >= 0.3 is 0 Å². The van der Waals surface area contributed by atoms with Gasteiger partial charge in [0, 0.05) is 17.7 Å². The van der Waals surface area contributed by atoms with Crippen molar-refractivity contribution in [2.75, 3.05) is 11.1 Å². The first-order valence-corrected chi connectivity index (χ1v) is 7.51. The van der Waals surface area contributed by atoms with E-state index in [0.29, 0.717) is 12.0 Å². The summed E-state index contributed by atoms with van der Waals surface area (Å²) in [5.74, 6) is 1.90. The highest BCUT2D eigenvalue weighted by Crippen LogP contribution is 2.34. The highest BCUT2D eigenvalue weighted by atomic mass is 15.1. The number of nitrogens with zero attached hydrogens (tertiary/aromatic N) is 2. The van der Waals surface area contributed by atoms with Gasteiger partial charge in [0.15, 0.2) is 0 Å². The van der Waals surface area contributed by atoms with Crippen molar-refractivity contribution in [3.05, 3.63) is 35.4 Å². The predicted molar refractivity (Wildman–Crippen MR) is 87.2 cm³/mol. The van der Waals surface area contributed by atoms with Crippen molar-refractivity contribution < 1.29 is 0 Å². The first kappa shape index (κ1) is 13.9. The largest absolute Gasteiger partial charge is 0.368 e. The fourth-order valence-electron chi connectivity index (χ4n) is 2.76. The summed E-state index contributed by atoms with van der Waals surface area (Å²) in [5.41, 5.74) is 10.3. The molecule has 110 valence electrons. The van der Waals surface area contributed by atoms with Crippen LogP contribution < -0.4 is 11.1 Å². The molecule has 4 nitrogen and oxygen atoms in total. The van der Waals surface area contributed by atoms with Gasteiger partial charge in [-0.25, -0.2) is 4.98 Å². The van der Waals surface area contributed by atoms with Crippen LogP contribution in [0.15, 0.2) is 24.3 Å². The lowest BCUT2D eigenvalue weighted by Gasteiger charge is -2.14. The highest BCUT2D eigenvalue weighted by molar-refractivity contribution is 5.65. The molecule has 0 radical (unpaired) electrons. The minimum Gasteiger partial charge on any atom is -0.368 e. The monoisotopic (exact) mass is 282 g/mol. The maximum absolute atomic E-state index is 5.88. The van der Waals surface area contributed by atoms with Crippen molar-refractivity contribution >= 4 is 11.8 Å². The Morgan fingerprint density at radius 1 is 1.10 bits per heavy atom. The van der Waals surface area contributed by atoms with E-state index in [1.165, 1.54) is 24.0 Å². The van der Waals surface area contributed by atoms with Gasteiger partial charge in [-0.2, -0.15) is 4.98 Å². The van der Waals surface area contributed by atoms with E-state index < -0.39 is 0 Å². The second-order valence-corrected chi connectivity index (χ2v) is 6.14. The van der Waals surface area contributed by atoms with Crippen molar-refractivity contribution in [3.63, 3.8) is 0 Å². The summed E-state index contributed by atoms with van der Waals surface area (Å²) < 4.78 is 0. The van der Waals surface area contributed by atoms with Gasteiger partial charge in [0.05, 0.1) is 5.69 Å². The molecule has 4 heteroatoms. The number of rotatable bonds is 4. The van der Waals surface area contributed by atoms with Crippen molar-refractivity contribution in [2.45, 2.75) is 39.7 Å². The van der Waals surface area contributed by atoms with Crippen LogP contribution in [0.5, 0.6) is 0 Å². The Bertz CT molecular complexity index is 642. The smallest absolute Gasteiger partial charge is 0.222 e. The van der Waals surface area contributed by atoms with Crippen molar-refractivity contribution in [1.82, 2.24) is 9.97 Å². The first-order valence-electron chi connectivity index (χ1n) is 7.51. The summed E-state index contributed by atoms with van der Waals surface area (Å²) in [6.07, 6.45) is 2.61. The van der Waals surface area contributed by atoms with Gasteiger partial charge in [0.1, 0.15) is 5.82 Å². The zero-order chi connectivity index (χ0) is 15.0. The molecule has 0 amide bonds. The van der Waals surface area contributed by atoms with Gasteiger partial charge in [-0.15, -0.1) is 0 Å². The first-order chi connectivity index (χ1) is 10.0. The van der Waals surface area contributed by atoms with Crippen LogP contribution in [0, 0.1) is 19.8 Å². The van der Waals surface area contributed by atoms with Gasteiger partial charge in [0.2, 0.25) is 5.95 Å². The van der Waals surface area contributed by atoms with Gasteiger partial charge in [-0.1, -0.05) is 17.2 Å². The molecule has 1 heterocycles. The van der Waals surface area contributed by atoms with E-state index in [0.717, 1.165) is 23.0 Å². The summed E-state index contributed by atoms with van der Waals surface area (Å²) in [6, 6.07) is 8.84. The topological polar surface area (TPSA) is 63.8 Å². The number of nitrogens with two attached hydrogens (primary N) is 1. The summed E-state index contributed by atoms with van der Waals surface area (Å²) in [7, 11) is 0. The van der Waals surface area contributed by atoms with Gasteiger partial charge < -0.3 is 11.1 Å². The lowest BCUT2D eigenvalue weighted by Crippen LogP contribution is -2.18. The van der Waals surface area contributed by atoms with Crippen LogP contribution in [0.3, 0.4) is 0 Å². The predicted octanol–water partition coefficient (Wildman–Crippen LogP) is 3.55. The summed E-state index contributed by atoms with van der Waals surface area (Å²) in [4.78, 5) is 8.69. The Morgan fingerprint density at radius 3 is 2.38 bits per heavy atom. The van der Waals surface area contributed by atoms with Crippen LogP contribution >= 0.6 is 0 Å². The molecule has 21 heavy (non-hydrogen) atoms. The van der Waals surface area contributed by atoms with Crippen LogP contribution in [0.4, 0.5) is 11.8 Å². The molecule has 1 aliphatic carbocycles. The summed E-state index contributed by atoms with van der Waals surface area (Å²) >= 11 is 0. The molecule has 1 aliphatic rings. The van der Waals surface area contributed by atoms with E-state index in [-0.39, 0.29) is 0 Å². The molecule has 0 saturated heterocycles. The summed E-state index contributed by atoms with van der Waals surface area (Å²) in [5, 5.41) is 3.45. The molecule has 0 spiro atoms. The second-order valence-electron chi connectivity index (χ2n) is 6.14. The SMILES string of the molecule is Cc1cc(C)cc(-c2cc(N[C@@H](C)C3CC3)nc(N)n2)c1. The third kappa shape index (κ3) is 3.32. The van der Waals surface area contributed by atoms with E-state index in [2.05, 4.69) is 54.3 Å².